The number of nitrogen functional groups attached to an aromatic ring is 1. The van der Waals surface area contributed by atoms with Crippen LogP contribution in [0.4, 0.5) is 5.13 Å². The number of fused-ring (bicyclic) bond motifs is 1. The van der Waals surface area contributed by atoms with Gasteiger partial charge in [-0.05, 0) is 46.5 Å². The lowest BCUT2D eigenvalue weighted by atomic mass is 10.0. The Hall–Kier alpha value is -7.60. The number of H-pyrrole nitrogens is 1. The first-order valence-corrected chi connectivity index (χ1v) is 24.2. The van der Waals surface area contributed by atoms with Crippen molar-refractivity contribution in [2.75, 3.05) is 24.3 Å². The summed E-state index contributed by atoms with van der Waals surface area (Å²) in [5.74, 6) is -5.33. The van der Waals surface area contributed by atoms with Gasteiger partial charge in [-0.15, -0.1) is 34.9 Å². The van der Waals surface area contributed by atoms with E-state index in [9.17, 15) is 44.1 Å². The molecule has 1 saturated heterocycles. The second kappa shape index (κ2) is 21.1. The number of esters is 2. The number of aromatic carboxylic acids is 1. The Kier molecular flexibility index (Phi) is 14.7. The van der Waals surface area contributed by atoms with Crippen LogP contribution in [0.5, 0.6) is 17.2 Å². The topological polar surface area (TPSA) is 282 Å². The zero-order chi connectivity index (χ0) is 48.8. The number of aromatic nitrogens is 2. The number of carboxylic acid groups (broad SMARTS) is 1. The van der Waals surface area contributed by atoms with Crippen molar-refractivity contribution >= 4 is 87.0 Å². The lowest BCUT2D eigenvalue weighted by Crippen LogP contribution is -2.71. The van der Waals surface area contributed by atoms with E-state index in [1.807, 2.05) is 0 Å². The molecule has 0 spiro atoms. The number of phenols is 2. The van der Waals surface area contributed by atoms with Crippen molar-refractivity contribution in [3.05, 3.63) is 164 Å². The number of thiazole rings is 1. The molecule has 69 heavy (non-hydrogen) atoms. The number of carbonyl (C=O) groups is 5. The number of thioether (sulfide) groups is 2. The highest BCUT2D eigenvalue weighted by molar-refractivity contribution is 8.02. The highest BCUT2D eigenvalue weighted by atomic mass is 32.2. The molecular weight excluding hydrogens is 973 g/mol. The summed E-state index contributed by atoms with van der Waals surface area (Å²) in [6.45, 7) is -0.177. The lowest BCUT2D eigenvalue weighted by molar-refractivity contribution is -0.162. The van der Waals surface area contributed by atoms with Crippen LogP contribution in [0.25, 0.3) is 0 Å². The number of benzene rings is 4. The van der Waals surface area contributed by atoms with Crippen molar-refractivity contribution in [2.45, 2.75) is 34.4 Å². The fourth-order valence-corrected chi connectivity index (χ4v) is 11.1. The number of carboxylic acids is 1. The first kappa shape index (κ1) is 47.9. The average Bonchev–Trinajstić information content (AvgIpc) is 3.97. The van der Waals surface area contributed by atoms with E-state index in [0.29, 0.717) is 28.0 Å². The van der Waals surface area contributed by atoms with Crippen LogP contribution in [0, 0.1) is 0 Å². The molecule has 0 saturated carbocycles. The van der Waals surface area contributed by atoms with E-state index in [4.69, 9.17) is 24.8 Å². The maximum Gasteiger partial charge on any atom is 0.355 e. The van der Waals surface area contributed by atoms with Gasteiger partial charge in [0.1, 0.15) is 35.2 Å². The summed E-state index contributed by atoms with van der Waals surface area (Å²) in [6.07, 6.45) is -2.70. The van der Waals surface area contributed by atoms with E-state index < -0.39 is 81.7 Å². The summed E-state index contributed by atoms with van der Waals surface area (Å²) in [4.78, 5) is 92.0. The number of rotatable bonds is 18. The molecule has 23 heteroatoms. The van der Waals surface area contributed by atoms with Crippen LogP contribution in [0.2, 0.25) is 0 Å². The number of hydrogen-bond donors (Lipinski definition) is 6. The number of amides is 2. The Morgan fingerprint density at radius 1 is 0.957 bits per heavy atom. The highest BCUT2D eigenvalue weighted by Gasteiger charge is 2.55. The minimum atomic E-state index is -1.76. The van der Waals surface area contributed by atoms with Gasteiger partial charge in [0, 0.05) is 22.4 Å². The van der Waals surface area contributed by atoms with Gasteiger partial charge in [-0.2, -0.15) is 0 Å². The molecule has 2 aliphatic rings. The van der Waals surface area contributed by atoms with Crippen molar-refractivity contribution in [1.29, 1.82) is 0 Å². The van der Waals surface area contributed by atoms with E-state index in [1.165, 1.54) is 35.2 Å². The molecule has 8 rings (SSSR count). The van der Waals surface area contributed by atoms with Gasteiger partial charge < -0.3 is 45.4 Å². The van der Waals surface area contributed by atoms with E-state index >= 15 is 0 Å². The number of nitrogens with zero attached hydrogens (tertiary/aromatic N) is 3. The Bertz CT molecular complexity index is 2990. The third-order valence-corrected chi connectivity index (χ3v) is 14.8. The molecule has 354 valence electrons. The van der Waals surface area contributed by atoms with Gasteiger partial charge in [-0.25, -0.2) is 19.4 Å². The van der Waals surface area contributed by atoms with Gasteiger partial charge in [-0.1, -0.05) is 95.6 Å². The summed E-state index contributed by atoms with van der Waals surface area (Å²) < 4.78 is 19.5. The van der Waals surface area contributed by atoms with Crippen molar-refractivity contribution in [3.63, 3.8) is 0 Å². The fraction of sp³-hybridized carbons (Fsp3) is 0.174. The second-order valence-electron chi connectivity index (χ2n) is 14.9. The van der Waals surface area contributed by atoms with E-state index in [-0.39, 0.29) is 44.4 Å². The number of methoxy groups -OCH3 is 1. The molecule has 0 aliphatic carbocycles. The quantitative estimate of drug-likeness (QED) is 0.0153. The van der Waals surface area contributed by atoms with Crippen LogP contribution in [0.3, 0.4) is 0 Å². The van der Waals surface area contributed by atoms with Crippen LogP contribution in [0.1, 0.15) is 50.5 Å². The molecule has 3 unspecified atom stereocenters. The number of oxime groups is 1. The second-order valence-corrected chi connectivity index (χ2v) is 19.0. The number of hydrogen-bond acceptors (Lipinski definition) is 19. The molecule has 3 atom stereocenters. The van der Waals surface area contributed by atoms with Crippen molar-refractivity contribution in [2.24, 2.45) is 5.16 Å². The first-order chi connectivity index (χ1) is 33.3. The Morgan fingerprint density at radius 3 is 2.28 bits per heavy atom. The normalized spacial score (nSPS) is 16.0. The number of phenolic OH excluding ortho intramolecular Hbond substituents is 2. The summed E-state index contributed by atoms with van der Waals surface area (Å²) >= 11 is 4.00. The van der Waals surface area contributed by atoms with E-state index in [2.05, 4.69) is 19.8 Å². The molecule has 4 heterocycles. The summed E-state index contributed by atoms with van der Waals surface area (Å²) in [5, 5.41) is 37.6. The van der Waals surface area contributed by atoms with Crippen LogP contribution in [0.15, 0.2) is 134 Å². The zero-order valence-corrected chi connectivity index (χ0v) is 39.1. The minimum absolute atomic E-state index is 0.000805. The number of aromatic amines is 1. The van der Waals surface area contributed by atoms with Crippen LogP contribution < -0.4 is 21.3 Å². The number of anilines is 1. The van der Waals surface area contributed by atoms with Crippen LogP contribution in [-0.4, -0.2) is 95.0 Å². The molecule has 2 aliphatic heterocycles. The largest absolute Gasteiger partial charge is 0.504 e. The fourth-order valence-electron chi connectivity index (χ4n) is 7.07. The Morgan fingerprint density at radius 2 is 1.65 bits per heavy atom. The minimum Gasteiger partial charge on any atom is -0.504 e. The summed E-state index contributed by atoms with van der Waals surface area (Å²) in [6, 6.07) is 26.8. The smallest absolute Gasteiger partial charge is 0.355 e. The van der Waals surface area contributed by atoms with Gasteiger partial charge in [0.2, 0.25) is 6.10 Å². The standard InChI is InChI=1S/C46H38N6O13S4/c1-62-28-15-12-23(13-16-28)19-63-43(60)35-27(21-67-45-32(42(58)59)38(55)51-69-45)20-66-41-34(40(57)52(35)41)49-39(56)33(29-22-68-46(47)48-29)50-65-37(26-14-17-30(53)31(54)18-26)44(61)64-36(24-8-4-2-5-9-24)25-10-6-3-7-11-25/h2-18,22,34,36-37,41,53-54H,19-21H2,1H3,(H2,47,48)(H,49,56)(H,51,55)(H,58,59)/b50-33-. The van der Waals surface area contributed by atoms with Gasteiger partial charge in [0.25, 0.3) is 17.4 Å². The number of β-lactam (4-membered cyclic amide) rings is 1. The van der Waals surface area contributed by atoms with Crippen molar-refractivity contribution < 1.29 is 58.3 Å². The number of nitrogens with two attached hydrogens (primary N) is 1. The molecule has 1 fully saturated rings. The Labute approximate surface area is 407 Å². The average molecular weight is 1010 g/mol. The molecule has 6 aromatic rings. The predicted octanol–water partition coefficient (Wildman–Crippen LogP) is 5.58. The van der Waals surface area contributed by atoms with Crippen molar-refractivity contribution in [3.8, 4) is 17.2 Å². The van der Waals surface area contributed by atoms with Gasteiger partial charge in [0.05, 0.1) is 11.3 Å². The number of ether oxygens (including phenoxy) is 3. The molecule has 2 amide bonds. The molecule has 2 aromatic heterocycles. The first-order valence-electron chi connectivity index (χ1n) is 20.4. The van der Waals surface area contributed by atoms with Crippen molar-refractivity contribution in [1.82, 2.24) is 19.6 Å². The molecule has 0 radical (unpaired) electrons. The van der Waals surface area contributed by atoms with E-state index in [1.54, 1.807) is 84.9 Å². The van der Waals surface area contributed by atoms with E-state index in [0.717, 1.165) is 46.8 Å². The Balaban J connectivity index is 1.07. The van der Waals surface area contributed by atoms with Gasteiger partial charge >= 0.3 is 17.9 Å². The number of carbonyl (C=O) groups excluding carboxylic acids is 4. The maximum absolute atomic E-state index is 14.3. The maximum atomic E-state index is 14.3. The van der Waals surface area contributed by atoms with Crippen LogP contribution in [-0.2, 0) is 40.1 Å². The summed E-state index contributed by atoms with van der Waals surface area (Å²) in [7, 11) is 1.51. The summed E-state index contributed by atoms with van der Waals surface area (Å²) in [5.41, 5.74) is 6.27. The third kappa shape index (κ3) is 10.6. The number of nitrogens with one attached hydrogen (secondary N) is 2. The molecule has 4 aromatic carbocycles. The zero-order valence-electron chi connectivity index (χ0n) is 35.8. The molecule has 0 bridgehead atoms. The molecular formula is C46H38N6O13S4. The van der Waals surface area contributed by atoms with Gasteiger partial charge in [-0.3, -0.25) is 23.7 Å². The monoisotopic (exact) mass is 1010 g/mol. The highest BCUT2D eigenvalue weighted by Crippen LogP contribution is 2.43. The van der Waals surface area contributed by atoms with Gasteiger partial charge in [0.15, 0.2) is 34.0 Å². The molecule has 19 nitrogen and oxygen atoms in total. The third-order valence-electron chi connectivity index (χ3n) is 10.5. The van der Waals surface area contributed by atoms with Crippen LogP contribution >= 0.6 is 46.4 Å². The SMILES string of the molecule is COc1ccc(COC(=O)C2=C(CSc3s[nH]c(=O)c3C(=O)O)CSC3C(NC(=O)/C(=N\OC(C(=O)OC(c4ccccc4)c4ccccc4)c4ccc(O)c(O)c4)c4csc(N)n4)C(=O)N23)cc1. The predicted molar refractivity (Wildman–Crippen MR) is 255 cm³/mol. The number of aromatic hydroxyl groups is 2. The lowest BCUT2D eigenvalue weighted by Gasteiger charge is -2.49. The molecule has 7 N–H and O–H groups in total.